The minimum absolute atomic E-state index is 0.180. The maximum atomic E-state index is 12.9. The molecule has 1 aromatic heterocycles. The fourth-order valence-corrected chi connectivity index (χ4v) is 4.82. The number of carbonyl (C=O) groups excluding carboxylic acids is 1. The molecule has 34 heavy (non-hydrogen) atoms. The summed E-state index contributed by atoms with van der Waals surface area (Å²) in [5.41, 5.74) is 1.58. The van der Waals surface area contributed by atoms with Gasteiger partial charge in [-0.05, 0) is 58.7 Å². The molecule has 0 atom stereocenters. The van der Waals surface area contributed by atoms with Crippen molar-refractivity contribution >= 4 is 34.7 Å². The summed E-state index contributed by atoms with van der Waals surface area (Å²) in [6, 6.07) is 12.7. The second-order valence-corrected chi connectivity index (χ2v) is 9.34. The maximum Gasteiger partial charge on any atom is 0.270 e. The molecule has 1 heterocycles. The molecule has 9 heteroatoms. The van der Waals surface area contributed by atoms with Gasteiger partial charge in [0, 0.05) is 37.1 Å². The summed E-state index contributed by atoms with van der Waals surface area (Å²) in [6.07, 6.45) is 2.52. The Kier molecular flexibility index (Phi) is 10.1. The van der Waals surface area contributed by atoms with Gasteiger partial charge in [-0.15, -0.1) is 11.3 Å². The van der Waals surface area contributed by atoms with E-state index in [1.165, 1.54) is 10.1 Å². The van der Waals surface area contributed by atoms with Crippen molar-refractivity contribution in [1.29, 1.82) is 10.5 Å². The highest BCUT2D eigenvalue weighted by Gasteiger charge is 2.15. The highest BCUT2D eigenvalue weighted by atomic mass is 32.1. The topological polar surface area (TPSA) is 114 Å². The molecule has 8 nitrogen and oxygen atoms in total. The van der Waals surface area contributed by atoms with Crippen molar-refractivity contribution in [2.24, 2.45) is 0 Å². The molecule has 0 aliphatic heterocycles. The number of anilines is 1. The first-order valence-electron chi connectivity index (χ1n) is 11.3. The van der Waals surface area contributed by atoms with Crippen LogP contribution in [0.5, 0.6) is 0 Å². The van der Waals surface area contributed by atoms with Crippen LogP contribution in [0.4, 0.5) is 5.69 Å². The van der Waals surface area contributed by atoms with Gasteiger partial charge in [-0.25, -0.2) is 0 Å². The number of hydrogen-bond donors (Lipinski definition) is 2. The van der Waals surface area contributed by atoms with E-state index >= 15 is 0 Å². The second kappa shape index (κ2) is 12.7. The van der Waals surface area contributed by atoms with Crippen LogP contribution in [-0.2, 0) is 17.8 Å². The van der Waals surface area contributed by atoms with Gasteiger partial charge in [0.1, 0.15) is 21.8 Å². The molecule has 0 unspecified atom stereocenters. The fraction of sp³-hybridized carbons (Fsp3) is 0.440. The zero-order valence-corrected chi connectivity index (χ0v) is 21.2. The van der Waals surface area contributed by atoms with Gasteiger partial charge in [0.25, 0.3) is 11.5 Å². The van der Waals surface area contributed by atoms with Crippen molar-refractivity contribution in [1.82, 2.24) is 14.8 Å². The quantitative estimate of drug-likeness (QED) is 0.501. The molecular weight excluding hydrogens is 448 g/mol. The molecule has 0 aliphatic rings. The van der Waals surface area contributed by atoms with Crippen LogP contribution in [-0.4, -0.2) is 40.5 Å². The Hall–Kier alpha value is -3.40. The summed E-state index contributed by atoms with van der Waals surface area (Å²) < 4.78 is 2.05. The summed E-state index contributed by atoms with van der Waals surface area (Å²) >= 11 is 1.07. The average molecular weight is 481 g/mol. The van der Waals surface area contributed by atoms with Crippen molar-refractivity contribution in [2.45, 2.75) is 59.7 Å². The monoisotopic (exact) mass is 480 g/mol. The van der Waals surface area contributed by atoms with Crippen molar-refractivity contribution in [3.05, 3.63) is 49.4 Å². The molecule has 0 aliphatic carbocycles. The fourth-order valence-electron chi connectivity index (χ4n) is 3.73. The molecule has 0 saturated carbocycles. The molecule has 0 saturated heterocycles. The van der Waals surface area contributed by atoms with Crippen LogP contribution in [0.15, 0.2) is 29.1 Å². The predicted octanol–water partition coefficient (Wildman–Crippen LogP) is 1.76. The van der Waals surface area contributed by atoms with Gasteiger partial charge in [-0.1, -0.05) is 12.1 Å². The van der Waals surface area contributed by atoms with Crippen LogP contribution < -0.4 is 25.4 Å². The van der Waals surface area contributed by atoms with E-state index in [1.807, 2.05) is 18.2 Å². The molecule has 2 rings (SSSR count). The van der Waals surface area contributed by atoms with Gasteiger partial charge in [0.2, 0.25) is 0 Å². The zero-order chi connectivity index (χ0) is 25.3. The van der Waals surface area contributed by atoms with E-state index < -0.39 is 5.91 Å². The lowest BCUT2D eigenvalue weighted by Crippen LogP contribution is -2.38. The van der Waals surface area contributed by atoms with E-state index in [0.717, 1.165) is 30.0 Å². The Labute approximate surface area is 204 Å². The Morgan fingerprint density at radius 3 is 2.53 bits per heavy atom. The van der Waals surface area contributed by atoms with E-state index in [1.54, 1.807) is 19.2 Å². The van der Waals surface area contributed by atoms with Crippen molar-refractivity contribution in [2.75, 3.05) is 18.4 Å². The summed E-state index contributed by atoms with van der Waals surface area (Å²) in [7, 11) is 0. The molecule has 1 amide bonds. The maximum absolute atomic E-state index is 12.9. The lowest BCUT2D eigenvalue weighted by atomic mass is 10.1. The third-order valence-corrected chi connectivity index (χ3v) is 6.52. The van der Waals surface area contributed by atoms with Gasteiger partial charge in [0.15, 0.2) is 5.57 Å². The van der Waals surface area contributed by atoms with Crippen molar-refractivity contribution < 1.29 is 4.79 Å². The number of rotatable bonds is 10. The van der Waals surface area contributed by atoms with E-state index in [9.17, 15) is 14.9 Å². The minimum Gasteiger partial charge on any atom is -0.360 e. The van der Waals surface area contributed by atoms with Crippen LogP contribution in [0.25, 0.3) is 11.8 Å². The standard InChI is InChI=1S/C25H32N6O2S/c1-6-30-24(33)22(34-25(30)21(15-27)23(32)28-12-11-26)16-29-20-9-7-8-19(14-20)10-13-31(17(2)3)18(4)5/h7-9,14,16-18,29H,6,10,12-13H2,1-5H3,(H,28,32)/b22-16+,25-21-. The largest absolute Gasteiger partial charge is 0.360 e. The highest BCUT2D eigenvalue weighted by molar-refractivity contribution is 7.07. The van der Waals surface area contributed by atoms with Crippen LogP contribution in [0.2, 0.25) is 0 Å². The number of carbonyl (C=O) groups is 1. The first-order chi connectivity index (χ1) is 16.2. The van der Waals surface area contributed by atoms with Crippen molar-refractivity contribution in [3.8, 4) is 12.1 Å². The van der Waals surface area contributed by atoms with Crippen LogP contribution in [0.3, 0.4) is 0 Å². The van der Waals surface area contributed by atoms with Gasteiger partial charge in [-0.2, -0.15) is 10.5 Å². The number of nitriles is 2. The number of aromatic nitrogens is 1. The molecule has 0 radical (unpaired) electrons. The molecule has 2 N–H and O–H groups in total. The third kappa shape index (κ3) is 6.80. The number of benzene rings is 1. The molecule has 2 aromatic rings. The summed E-state index contributed by atoms with van der Waals surface area (Å²) in [4.78, 5) is 27.6. The predicted molar refractivity (Wildman–Crippen MR) is 136 cm³/mol. The Balaban J connectivity index is 2.33. The van der Waals surface area contributed by atoms with Gasteiger partial charge in [-0.3, -0.25) is 19.1 Å². The first kappa shape index (κ1) is 26.8. The normalized spacial score (nSPS) is 12.6. The second-order valence-electron chi connectivity index (χ2n) is 8.31. The zero-order valence-electron chi connectivity index (χ0n) is 20.4. The van der Waals surface area contributed by atoms with Gasteiger partial charge < -0.3 is 10.6 Å². The summed E-state index contributed by atoms with van der Waals surface area (Å²) in [5.74, 6) is -0.670. The number of hydrogen-bond acceptors (Lipinski definition) is 7. The van der Waals surface area contributed by atoms with Gasteiger partial charge in [0.05, 0.1) is 6.07 Å². The number of thiazole rings is 1. The van der Waals surface area contributed by atoms with E-state index in [2.05, 4.69) is 55.4 Å². The molecule has 0 spiro atoms. The molecular formula is C25H32N6O2S. The van der Waals surface area contributed by atoms with E-state index in [4.69, 9.17) is 5.26 Å². The lowest BCUT2D eigenvalue weighted by Gasteiger charge is -2.30. The number of nitrogens with zero attached hydrogens (tertiary/aromatic N) is 4. The smallest absolute Gasteiger partial charge is 0.270 e. The number of nitrogens with one attached hydrogen (secondary N) is 2. The molecule has 0 bridgehead atoms. The molecule has 180 valence electrons. The highest BCUT2D eigenvalue weighted by Crippen LogP contribution is 2.13. The molecule has 0 fully saturated rings. The summed E-state index contributed by atoms with van der Waals surface area (Å²) in [5, 5.41) is 23.7. The van der Waals surface area contributed by atoms with Crippen LogP contribution in [0, 0.1) is 22.7 Å². The lowest BCUT2D eigenvalue weighted by molar-refractivity contribution is -0.115. The minimum atomic E-state index is -0.670. The Morgan fingerprint density at radius 1 is 1.24 bits per heavy atom. The summed E-state index contributed by atoms with van der Waals surface area (Å²) in [6.45, 7) is 11.6. The van der Waals surface area contributed by atoms with Crippen LogP contribution in [0.1, 0.15) is 40.2 Å². The first-order valence-corrected chi connectivity index (χ1v) is 12.2. The van der Waals surface area contributed by atoms with Crippen molar-refractivity contribution in [3.63, 3.8) is 0 Å². The Morgan fingerprint density at radius 2 is 1.94 bits per heavy atom. The Bertz CT molecular complexity index is 1250. The third-order valence-electron chi connectivity index (χ3n) is 5.39. The molecule has 1 aromatic carbocycles. The van der Waals surface area contributed by atoms with Gasteiger partial charge >= 0.3 is 0 Å². The van der Waals surface area contributed by atoms with E-state index in [0.29, 0.717) is 23.2 Å². The SMILES string of the molecule is CCn1c(=O)/c(=C\Nc2cccc(CCN(C(C)C)C(C)C)c2)s/c1=C(/C#N)C(=O)NCC#N. The van der Waals surface area contributed by atoms with E-state index in [-0.39, 0.29) is 22.3 Å². The average Bonchev–Trinajstić information content (AvgIpc) is 3.11. The van der Waals surface area contributed by atoms with Crippen LogP contribution >= 0.6 is 11.3 Å². The number of amides is 1.